The van der Waals surface area contributed by atoms with Crippen LogP contribution in [0.4, 0.5) is 0 Å². The van der Waals surface area contributed by atoms with Gasteiger partial charge in [0.15, 0.2) is 0 Å². The first-order chi connectivity index (χ1) is 9.65. The van der Waals surface area contributed by atoms with E-state index in [1.807, 2.05) is 13.0 Å². The number of amides is 1. The van der Waals surface area contributed by atoms with Gasteiger partial charge in [0, 0.05) is 17.8 Å². The lowest BCUT2D eigenvalue weighted by atomic mass is 9.77. The Balaban J connectivity index is 1.58. The summed E-state index contributed by atoms with van der Waals surface area (Å²) in [5, 5.41) is 5.52. The Morgan fingerprint density at radius 2 is 2.35 bits per heavy atom. The molecule has 1 amide bonds. The van der Waals surface area contributed by atoms with Crippen molar-refractivity contribution >= 4 is 17.2 Å². The van der Waals surface area contributed by atoms with Crippen LogP contribution in [0.15, 0.2) is 29.6 Å². The van der Waals surface area contributed by atoms with E-state index in [0.29, 0.717) is 18.2 Å². The molecule has 0 radical (unpaired) electrons. The lowest BCUT2D eigenvalue weighted by Crippen LogP contribution is -2.33. The third-order valence-electron chi connectivity index (χ3n) is 3.61. The average Bonchev–Trinajstić information content (AvgIpc) is 2.89. The number of rotatable bonds is 4. The fourth-order valence-corrected chi connectivity index (χ4v) is 3.21. The standard InChI is InChI=1S/C15H17N3OS/c1-9(16)15-18-13(8-20-15)14(19)17-7-11-6-10-4-2-3-5-12(10)11/h2-5,8-9,11H,6-7,16H2,1H3,(H,17,19). The zero-order chi connectivity index (χ0) is 14.1. The molecule has 3 rings (SSSR count). The molecule has 2 aromatic rings. The maximum absolute atomic E-state index is 12.0. The highest BCUT2D eigenvalue weighted by atomic mass is 32.1. The number of aromatic nitrogens is 1. The molecule has 0 saturated carbocycles. The summed E-state index contributed by atoms with van der Waals surface area (Å²) in [5.41, 5.74) is 8.95. The Labute approximate surface area is 122 Å². The Bertz CT molecular complexity index is 636. The number of benzene rings is 1. The predicted molar refractivity (Wildman–Crippen MR) is 79.9 cm³/mol. The van der Waals surface area contributed by atoms with Crippen molar-refractivity contribution in [3.8, 4) is 0 Å². The predicted octanol–water partition coefficient (Wildman–Crippen LogP) is 2.23. The summed E-state index contributed by atoms with van der Waals surface area (Å²) in [6.07, 6.45) is 1.04. The summed E-state index contributed by atoms with van der Waals surface area (Å²) in [6.45, 7) is 2.53. The number of nitrogens with zero attached hydrogens (tertiary/aromatic N) is 1. The highest BCUT2D eigenvalue weighted by molar-refractivity contribution is 7.09. The van der Waals surface area contributed by atoms with Crippen LogP contribution in [0.5, 0.6) is 0 Å². The van der Waals surface area contributed by atoms with Crippen molar-refractivity contribution < 1.29 is 4.79 Å². The monoisotopic (exact) mass is 287 g/mol. The molecule has 1 heterocycles. The number of nitrogens with two attached hydrogens (primary N) is 1. The molecule has 4 nitrogen and oxygen atoms in total. The van der Waals surface area contributed by atoms with Crippen LogP contribution >= 0.6 is 11.3 Å². The van der Waals surface area contributed by atoms with Crippen molar-refractivity contribution in [2.45, 2.75) is 25.3 Å². The lowest BCUT2D eigenvalue weighted by molar-refractivity contribution is 0.0945. The number of nitrogens with one attached hydrogen (secondary N) is 1. The molecule has 5 heteroatoms. The van der Waals surface area contributed by atoms with Crippen LogP contribution in [-0.4, -0.2) is 17.4 Å². The minimum Gasteiger partial charge on any atom is -0.350 e. The van der Waals surface area contributed by atoms with Crippen molar-refractivity contribution in [1.29, 1.82) is 0 Å². The average molecular weight is 287 g/mol. The van der Waals surface area contributed by atoms with Crippen molar-refractivity contribution in [1.82, 2.24) is 10.3 Å². The van der Waals surface area contributed by atoms with Gasteiger partial charge in [-0.05, 0) is 24.5 Å². The molecule has 2 atom stereocenters. The van der Waals surface area contributed by atoms with Gasteiger partial charge < -0.3 is 11.1 Å². The maximum atomic E-state index is 12.0. The van der Waals surface area contributed by atoms with Gasteiger partial charge in [-0.2, -0.15) is 0 Å². The van der Waals surface area contributed by atoms with Crippen molar-refractivity contribution in [3.63, 3.8) is 0 Å². The van der Waals surface area contributed by atoms with Gasteiger partial charge in [0.25, 0.3) is 5.91 Å². The van der Waals surface area contributed by atoms with Crippen molar-refractivity contribution in [3.05, 3.63) is 51.5 Å². The fourth-order valence-electron chi connectivity index (χ4n) is 2.45. The zero-order valence-corrected chi connectivity index (χ0v) is 12.1. The van der Waals surface area contributed by atoms with Gasteiger partial charge in [-0.3, -0.25) is 4.79 Å². The first-order valence-electron chi connectivity index (χ1n) is 6.72. The number of fused-ring (bicyclic) bond motifs is 1. The summed E-state index contributed by atoms with van der Waals surface area (Å²) >= 11 is 1.43. The Morgan fingerprint density at radius 3 is 3.05 bits per heavy atom. The Morgan fingerprint density at radius 1 is 1.55 bits per heavy atom. The van der Waals surface area contributed by atoms with Gasteiger partial charge in [-0.25, -0.2) is 4.98 Å². The third kappa shape index (κ3) is 2.46. The molecule has 3 N–H and O–H groups in total. The topological polar surface area (TPSA) is 68.0 Å². The van der Waals surface area contributed by atoms with E-state index in [1.165, 1.54) is 22.5 Å². The number of carbonyl (C=O) groups is 1. The number of hydrogen-bond donors (Lipinski definition) is 2. The largest absolute Gasteiger partial charge is 0.350 e. The summed E-state index contributed by atoms with van der Waals surface area (Å²) in [4.78, 5) is 16.3. The molecule has 0 bridgehead atoms. The molecule has 1 aromatic carbocycles. The highest BCUT2D eigenvalue weighted by Gasteiger charge is 2.25. The molecule has 1 aromatic heterocycles. The first-order valence-corrected chi connectivity index (χ1v) is 7.60. The summed E-state index contributed by atoms with van der Waals surface area (Å²) in [7, 11) is 0. The number of carbonyl (C=O) groups excluding carboxylic acids is 1. The lowest BCUT2D eigenvalue weighted by Gasteiger charge is -2.30. The molecule has 0 saturated heterocycles. The molecule has 0 spiro atoms. The smallest absolute Gasteiger partial charge is 0.270 e. The van der Waals surface area contributed by atoms with Gasteiger partial charge in [0.05, 0.1) is 6.04 Å². The van der Waals surface area contributed by atoms with Gasteiger partial charge in [0.2, 0.25) is 0 Å². The Kier molecular flexibility index (Phi) is 3.54. The van der Waals surface area contributed by atoms with Crippen molar-refractivity contribution in [2.24, 2.45) is 5.73 Å². The molecule has 104 valence electrons. The molecular formula is C15H17N3OS. The van der Waals surface area contributed by atoms with E-state index in [9.17, 15) is 4.79 Å². The molecule has 2 unspecified atom stereocenters. The number of hydrogen-bond acceptors (Lipinski definition) is 4. The van der Waals surface area contributed by atoms with E-state index >= 15 is 0 Å². The summed E-state index contributed by atoms with van der Waals surface area (Å²) < 4.78 is 0. The molecule has 1 aliphatic carbocycles. The normalized spacial score (nSPS) is 18.0. The summed E-state index contributed by atoms with van der Waals surface area (Å²) in [6, 6.07) is 8.25. The SMILES string of the molecule is CC(N)c1nc(C(=O)NCC2Cc3ccccc32)cs1. The fraction of sp³-hybridized carbons (Fsp3) is 0.333. The molecule has 1 aliphatic rings. The molecular weight excluding hydrogens is 270 g/mol. The van der Waals surface area contributed by atoms with E-state index in [2.05, 4.69) is 28.5 Å². The van der Waals surface area contributed by atoms with E-state index in [0.717, 1.165) is 11.4 Å². The second-order valence-corrected chi connectivity index (χ2v) is 6.06. The maximum Gasteiger partial charge on any atom is 0.270 e. The highest BCUT2D eigenvalue weighted by Crippen LogP contribution is 2.34. The van der Waals surface area contributed by atoms with Crippen LogP contribution in [0.2, 0.25) is 0 Å². The van der Waals surface area contributed by atoms with Crippen LogP contribution < -0.4 is 11.1 Å². The van der Waals surface area contributed by atoms with E-state index in [-0.39, 0.29) is 11.9 Å². The second kappa shape index (κ2) is 5.34. The van der Waals surface area contributed by atoms with Gasteiger partial charge >= 0.3 is 0 Å². The molecule has 0 fully saturated rings. The van der Waals surface area contributed by atoms with Crippen molar-refractivity contribution in [2.75, 3.05) is 6.54 Å². The van der Waals surface area contributed by atoms with Crippen LogP contribution in [0, 0.1) is 0 Å². The van der Waals surface area contributed by atoms with Crippen LogP contribution in [0.3, 0.4) is 0 Å². The van der Waals surface area contributed by atoms with Crippen LogP contribution in [0.25, 0.3) is 0 Å². The van der Waals surface area contributed by atoms with Gasteiger partial charge in [-0.1, -0.05) is 24.3 Å². The zero-order valence-electron chi connectivity index (χ0n) is 11.3. The van der Waals surface area contributed by atoms with E-state index in [4.69, 9.17) is 5.73 Å². The summed E-state index contributed by atoms with van der Waals surface area (Å²) in [5.74, 6) is 0.319. The van der Waals surface area contributed by atoms with Gasteiger partial charge in [-0.15, -0.1) is 11.3 Å². The number of thiazole rings is 1. The molecule has 0 aliphatic heterocycles. The van der Waals surface area contributed by atoms with Crippen LogP contribution in [0.1, 0.15) is 45.5 Å². The minimum atomic E-state index is -0.125. The second-order valence-electron chi connectivity index (χ2n) is 5.17. The van der Waals surface area contributed by atoms with E-state index in [1.54, 1.807) is 5.38 Å². The van der Waals surface area contributed by atoms with E-state index < -0.39 is 0 Å². The van der Waals surface area contributed by atoms with Gasteiger partial charge in [0.1, 0.15) is 10.7 Å². The molecule has 20 heavy (non-hydrogen) atoms. The Hall–Kier alpha value is -1.72. The first kappa shape index (κ1) is 13.3. The quantitative estimate of drug-likeness (QED) is 0.906. The van der Waals surface area contributed by atoms with Crippen LogP contribution in [-0.2, 0) is 6.42 Å². The minimum absolute atomic E-state index is 0.113. The third-order valence-corrected chi connectivity index (χ3v) is 4.66.